The van der Waals surface area contributed by atoms with Crippen LogP contribution in [0.4, 0.5) is 0 Å². The number of carboxylic acids is 1. The van der Waals surface area contributed by atoms with E-state index in [1.165, 1.54) is 11.0 Å². The van der Waals surface area contributed by atoms with Crippen LogP contribution in [0.2, 0.25) is 0 Å². The Morgan fingerprint density at radius 1 is 1.32 bits per heavy atom. The average Bonchev–Trinajstić information content (AvgIpc) is 2.46. The van der Waals surface area contributed by atoms with Crippen LogP contribution in [-0.2, 0) is 9.59 Å². The lowest BCUT2D eigenvalue weighted by Crippen LogP contribution is -2.49. The molecule has 1 aliphatic heterocycles. The topological polar surface area (TPSA) is 57.6 Å². The summed E-state index contributed by atoms with van der Waals surface area (Å²) >= 11 is 0. The molecule has 0 spiro atoms. The van der Waals surface area contributed by atoms with Crippen LogP contribution >= 0.6 is 0 Å². The third-order valence-electron chi connectivity index (χ3n) is 3.62. The van der Waals surface area contributed by atoms with Gasteiger partial charge in [-0.3, -0.25) is 4.79 Å². The third kappa shape index (κ3) is 2.84. The highest BCUT2D eigenvalue weighted by Crippen LogP contribution is 2.31. The Kier molecular flexibility index (Phi) is 4.00. The Hall–Kier alpha value is -2.10. The van der Waals surface area contributed by atoms with E-state index >= 15 is 0 Å². The van der Waals surface area contributed by atoms with Gasteiger partial charge in [-0.25, -0.2) is 4.79 Å². The number of nitrogens with zero attached hydrogens (tertiary/aromatic N) is 1. The van der Waals surface area contributed by atoms with Crippen molar-refractivity contribution >= 4 is 11.9 Å². The zero-order valence-corrected chi connectivity index (χ0v) is 10.7. The average molecular weight is 259 g/mol. The Labute approximate surface area is 112 Å². The maximum atomic E-state index is 11.7. The van der Waals surface area contributed by atoms with Gasteiger partial charge in [0, 0.05) is 6.54 Å². The van der Waals surface area contributed by atoms with Gasteiger partial charge in [0.2, 0.25) is 5.91 Å². The number of benzene rings is 1. The number of piperidine rings is 1. The summed E-state index contributed by atoms with van der Waals surface area (Å²) in [6.07, 6.45) is 2.42. The lowest BCUT2D eigenvalue weighted by atomic mass is 9.85. The van der Waals surface area contributed by atoms with Crippen molar-refractivity contribution in [2.24, 2.45) is 0 Å². The molecule has 0 radical (unpaired) electrons. The van der Waals surface area contributed by atoms with Crippen LogP contribution in [0.5, 0.6) is 0 Å². The number of carbonyl (C=O) groups is 2. The molecule has 1 aliphatic rings. The highest BCUT2D eigenvalue weighted by Gasteiger charge is 2.35. The molecule has 0 bridgehead atoms. The zero-order chi connectivity index (χ0) is 13.8. The number of carboxylic acid groups (broad SMARTS) is 1. The molecule has 19 heavy (non-hydrogen) atoms. The Morgan fingerprint density at radius 2 is 2.00 bits per heavy atom. The Bertz CT molecular complexity index is 483. The fourth-order valence-electron chi connectivity index (χ4n) is 2.61. The van der Waals surface area contributed by atoms with Crippen LogP contribution in [0, 0.1) is 0 Å². The standard InChI is InChI=1S/C15H17NO3/c1-2-14(17)16-9-8-12(10-13(16)15(18)19)11-6-4-3-5-7-11/h2-7,12-13H,1,8-10H2,(H,18,19). The van der Waals surface area contributed by atoms with Crippen molar-refractivity contribution in [1.29, 1.82) is 0 Å². The summed E-state index contributed by atoms with van der Waals surface area (Å²) in [5, 5.41) is 9.29. The van der Waals surface area contributed by atoms with E-state index in [2.05, 4.69) is 6.58 Å². The number of hydrogen-bond donors (Lipinski definition) is 1. The van der Waals surface area contributed by atoms with E-state index in [0.29, 0.717) is 13.0 Å². The van der Waals surface area contributed by atoms with Gasteiger partial charge in [-0.1, -0.05) is 36.9 Å². The first-order valence-corrected chi connectivity index (χ1v) is 6.34. The fraction of sp³-hybridized carbons (Fsp3) is 0.333. The minimum atomic E-state index is -0.948. The molecule has 2 atom stereocenters. The van der Waals surface area contributed by atoms with E-state index in [9.17, 15) is 14.7 Å². The number of hydrogen-bond acceptors (Lipinski definition) is 2. The first-order chi connectivity index (χ1) is 9.13. The Balaban J connectivity index is 2.17. The van der Waals surface area contributed by atoms with Crippen molar-refractivity contribution in [1.82, 2.24) is 4.90 Å². The van der Waals surface area contributed by atoms with Crippen molar-refractivity contribution in [2.45, 2.75) is 24.8 Å². The van der Waals surface area contributed by atoms with Crippen LogP contribution < -0.4 is 0 Å². The highest BCUT2D eigenvalue weighted by atomic mass is 16.4. The molecular weight excluding hydrogens is 242 g/mol. The van der Waals surface area contributed by atoms with Gasteiger partial charge in [0.25, 0.3) is 0 Å². The van der Waals surface area contributed by atoms with E-state index < -0.39 is 12.0 Å². The lowest BCUT2D eigenvalue weighted by Gasteiger charge is -2.36. The van der Waals surface area contributed by atoms with Crippen LogP contribution in [0.15, 0.2) is 43.0 Å². The van der Waals surface area contributed by atoms with Crippen molar-refractivity contribution in [3.05, 3.63) is 48.6 Å². The quantitative estimate of drug-likeness (QED) is 0.845. The number of amides is 1. The van der Waals surface area contributed by atoms with E-state index in [1.807, 2.05) is 30.3 Å². The number of rotatable bonds is 3. The second kappa shape index (κ2) is 5.69. The predicted molar refractivity (Wildman–Crippen MR) is 71.8 cm³/mol. The van der Waals surface area contributed by atoms with Crippen LogP contribution in [0.3, 0.4) is 0 Å². The van der Waals surface area contributed by atoms with Crippen molar-refractivity contribution in [3.63, 3.8) is 0 Å². The normalized spacial score (nSPS) is 22.8. The molecular formula is C15H17NO3. The third-order valence-corrected chi connectivity index (χ3v) is 3.62. The van der Waals surface area contributed by atoms with Crippen LogP contribution in [-0.4, -0.2) is 34.5 Å². The van der Waals surface area contributed by atoms with Crippen molar-refractivity contribution in [3.8, 4) is 0 Å². The van der Waals surface area contributed by atoms with E-state index in [-0.39, 0.29) is 11.8 Å². The van der Waals surface area contributed by atoms with Crippen molar-refractivity contribution < 1.29 is 14.7 Å². The fourth-order valence-corrected chi connectivity index (χ4v) is 2.61. The molecule has 1 saturated heterocycles. The number of likely N-dealkylation sites (tertiary alicyclic amines) is 1. The number of aliphatic carboxylic acids is 1. The van der Waals surface area contributed by atoms with Gasteiger partial charge in [0.05, 0.1) is 0 Å². The maximum absolute atomic E-state index is 11.7. The first-order valence-electron chi connectivity index (χ1n) is 6.34. The molecule has 0 aliphatic carbocycles. The van der Waals surface area contributed by atoms with Crippen molar-refractivity contribution in [2.75, 3.05) is 6.54 Å². The monoisotopic (exact) mass is 259 g/mol. The van der Waals surface area contributed by atoms with Gasteiger partial charge >= 0.3 is 5.97 Å². The second-order valence-electron chi connectivity index (χ2n) is 4.72. The minimum Gasteiger partial charge on any atom is -0.480 e. The zero-order valence-electron chi connectivity index (χ0n) is 10.7. The molecule has 1 fully saturated rings. The predicted octanol–water partition coefficient (Wildman–Crippen LogP) is 2.03. The maximum Gasteiger partial charge on any atom is 0.326 e. The summed E-state index contributed by atoms with van der Waals surface area (Å²) in [6, 6.07) is 9.10. The summed E-state index contributed by atoms with van der Waals surface area (Å²) in [5.74, 6) is -1.06. The van der Waals surface area contributed by atoms with E-state index in [4.69, 9.17) is 0 Å². The molecule has 1 amide bonds. The summed E-state index contributed by atoms with van der Waals surface area (Å²) in [6.45, 7) is 3.88. The SMILES string of the molecule is C=CC(=O)N1CCC(c2ccccc2)CC1C(=O)O. The molecule has 4 nitrogen and oxygen atoms in total. The molecule has 4 heteroatoms. The summed E-state index contributed by atoms with van der Waals surface area (Å²) in [5.41, 5.74) is 1.14. The van der Waals surface area contributed by atoms with Crippen LogP contribution in [0.1, 0.15) is 24.3 Å². The van der Waals surface area contributed by atoms with Gasteiger partial charge in [-0.15, -0.1) is 0 Å². The molecule has 100 valence electrons. The molecule has 0 aromatic heterocycles. The van der Waals surface area contributed by atoms with Gasteiger partial charge in [-0.05, 0) is 30.4 Å². The largest absolute Gasteiger partial charge is 0.480 e. The molecule has 1 heterocycles. The van der Waals surface area contributed by atoms with Gasteiger partial charge in [0.15, 0.2) is 0 Å². The molecule has 1 N–H and O–H groups in total. The van der Waals surface area contributed by atoms with E-state index in [1.54, 1.807) is 0 Å². The first kappa shape index (κ1) is 13.3. The second-order valence-corrected chi connectivity index (χ2v) is 4.72. The Morgan fingerprint density at radius 3 is 2.58 bits per heavy atom. The van der Waals surface area contributed by atoms with Gasteiger partial charge in [-0.2, -0.15) is 0 Å². The smallest absolute Gasteiger partial charge is 0.326 e. The molecule has 2 rings (SSSR count). The molecule has 1 aromatic rings. The van der Waals surface area contributed by atoms with Crippen LogP contribution in [0.25, 0.3) is 0 Å². The lowest BCUT2D eigenvalue weighted by molar-refractivity contribution is -0.150. The molecule has 0 saturated carbocycles. The summed E-state index contributed by atoms with van der Waals surface area (Å²) < 4.78 is 0. The minimum absolute atomic E-state index is 0.191. The van der Waals surface area contributed by atoms with E-state index in [0.717, 1.165) is 12.0 Å². The molecule has 2 unspecified atom stereocenters. The summed E-state index contributed by atoms with van der Waals surface area (Å²) in [7, 11) is 0. The number of carbonyl (C=O) groups excluding carboxylic acids is 1. The highest BCUT2D eigenvalue weighted by molar-refractivity contribution is 5.91. The molecule has 1 aromatic carbocycles. The summed E-state index contributed by atoms with van der Waals surface area (Å²) in [4.78, 5) is 24.4. The van der Waals surface area contributed by atoms with Gasteiger partial charge in [0.1, 0.15) is 6.04 Å². The van der Waals surface area contributed by atoms with Gasteiger partial charge < -0.3 is 10.0 Å².